The molecule has 6 nitrogen and oxygen atoms in total. The molecule has 1 aromatic carbocycles. The van der Waals surface area contributed by atoms with E-state index in [1.165, 1.54) is 0 Å². The fraction of sp³-hybridized carbons (Fsp3) is 0.500. The molecule has 0 aliphatic carbocycles. The maximum absolute atomic E-state index is 12.6. The van der Waals surface area contributed by atoms with Gasteiger partial charge in [0.1, 0.15) is 5.75 Å². The minimum absolute atomic E-state index is 0.0000696. The second-order valence-electron chi connectivity index (χ2n) is 6.89. The van der Waals surface area contributed by atoms with Gasteiger partial charge in [0, 0.05) is 37.4 Å². The molecule has 0 spiro atoms. The van der Waals surface area contributed by atoms with Gasteiger partial charge in [0.2, 0.25) is 0 Å². The Morgan fingerprint density at radius 2 is 2.31 bits per heavy atom. The van der Waals surface area contributed by atoms with Crippen LogP contribution in [0.1, 0.15) is 48.9 Å². The predicted molar refractivity (Wildman–Crippen MR) is 101 cm³/mol. The highest BCUT2D eigenvalue weighted by atomic mass is 16.5. The van der Waals surface area contributed by atoms with E-state index in [-0.39, 0.29) is 6.03 Å². The predicted octanol–water partition coefficient (Wildman–Crippen LogP) is 3.60. The van der Waals surface area contributed by atoms with Crippen LogP contribution in [0.2, 0.25) is 0 Å². The molecule has 1 aliphatic heterocycles. The second kappa shape index (κ2) is 8.74. The van der Waals surface area contributed by atoms with Gasteiger partial charge in [0.25, 0.3) is 0 Å². The number of H-pyrrole nitrogens is 1. The zero-order chi connectivity index (χ0) is 18.4. The lowest BCUT2D eigenvalue weighted by molar-refractivity contribution is 0.178. The van der Waals surface area contributed by atoms with E-state index >= 15 is 0 Å². The Morgan fingerprint density at radius 3 is 3.04 bits per heavy atom. The van der Waals surface area contributed by atoms with Crippen molar-refractivity contribution < 1.29 is 9.53 Å². The Morgan fingerprint density at radius 1 is 1.42 bits per heavy atom. The number of benzene rings is 1. The first-order chi connectivity index (χ1) is 12.7. The van der Waals surface area contributed by atoms with Crippen LogP contribution < -0.4 is 10.1 Å². The number of rotatable bonds is 6. The van der Waals surface area contributed by atoms with Gasteiger partial charge in [-0.1, -0.05) is 13.0 Å². The largest absolute Gasteiger partial charge is 0.494 e. The van der Waals surface area contributed by atoms with Crippen LogP contribution in [0.5, 0.6) is 5.75 Å². The first-order valence-corrected chi connectivity index (χ1v) is 9.41. The minimum Gasteiger partial charge on any atom is -0.494 e. The summed E-state index contributed by atoms with van der Waals surface area (Å²) >= 11 is 0. The molecule has 2 heterocycles. The number of ether oxygens (including phenoxy) is 1. The van der Waals surface area contributed by atoms with E-state index in [1.807, 2.05) is 29.2 Å². The molecule has 2 amide bonds. The van der Waals surface area contributed by atoms with Crippen LogP contribution in [0.4, 0.5) is 4.79 Å². The van der Waals surface area contributed by atoms with Crippen LogP contribution in [-0.2, 0) is 6.54 Å². The van der Waals surface area contributed by atoms with Crippen LogP contribution in [-0.4, -0.2) is 40.8 Å². The van der Waals surface area contributed by atoms with E-state index < -0.39 is 0 Å². The van der Waals surface area contributed by atoms with Crippen molar-refractivity contribution in [3.63, 3.8) is 0 Å². The number of carbonyl (C=O) groups is 1. The van der Waals surface area contributed by atoms with Crippen molar-refractivity contribution >= 4 is 6.03 Å². The highest BCUT2D eigenvalue weighted by Crippen LogP contribution is 2.25. The summed E-state index contributed by atoms with van der Waals surface area (Å²) in [5.41, 5.74) is 3.36. The number of carbonyl (C=O) groups excluding carboxylic acids is 1. The second-order valence-corrected chi connectivity index (χ2v) is 6.89. The number of nitrogens with zero attached hydrogens (tertiary/aromatic N) is 2. The Bertz CT molecular complexity index is 715. The van der Waals surface area contributed by atoms with E-state index in [0.29, 0.717) is 12.5 Å². The monoisotopic (exact) mass is 356 g/mol. The number of amides is 2. The summed E-state index contributed by atoms with van der Waals surface area (Å²) in [6, 6.07) is 8.04. The van der Waals surface area contributed by atoms with Crippen molar-refractivity contribution in [3.05, 3.63) is 47.3 Å². The fourth-order valence-corrected chi connectivity index (χ4v) is 3.37. The summed E-state index contributed by atoms with van der Waals surface area (Å²) in [5.74, 6) is 1.23. The molecule has 1 aromatic heterocycles. The number of aryl methyl sites for hydroxylation is 1. The van der Waals surface area contributed by atoms with Gasteiger partial charge in [-0.15, -0.1) is 0 Å². The molecule has 0 radical (unpaired) electrons. The molecule has 2 N–H and O–H groups in total. The van der Waals surface area contributed by atoms with Crippen LogP contribution in [0.25, 0.3) is 0 Å². The molecule has 1 saturated heterocycles. The molecule has 0 saturated carbocycles. The third kappa shape index (κ3) is 4.56. The fourth-order valence-electron chi connectivity index (χ4n) is 3.37. The number of urea groups is 1. The topological polar surface area (TPSA) is 70.2 Å². The van der Waals surface area contributed by atoms with Crippen molar-refractivity contribution in [1.82, 2.24) is 20.4 Å². The van der Waals surface area contributed by atoms with Crippen LogP contribution in [0.3, 0.4) is 0 Å². The number of piperidine rings is 1. The molecule has 1 unspecified atom stereocenters. The Labute approximate surface area is 154 Å². The van der Waals surface area contributed by atoms with Crippen molar-refractivity contribution in [2.75, 3.05) is 19.7 Å². The van der Waals surface area contributed by atoms with E-state index in [4.69, 9.17) is 4.74 Å². The van der Waals surface area contributed by atoms with Gasteiger partial charge in [-0.3, -0.25) is 5.10 Å². The number of nitrogens with one attached hydrogen (secondary N) is 2. The summed E-state index contributed by atoms with van der Waals surface area (Å²) in [6.45, 7) is 6.94. The van der Waals surface area contributed by atoms with Gasteiger partial charge in [-0.2, -0.15) is 5.10 Å². The third-order valence-electron chi connectivity index (χ3n) is 4.89. The van der Waals surface area contributed by atoms with E-state index in [0.717, 1.165) is 61.5 Å². The highest BCUT2D eigenvalue weighted by Gasteiger charge is 2.25. The summed E-state index contributed by atoms with van der Waals surface area (Å²) < 4.78 is 5.66. The molecular formula is C20H28N4O2. The summed E-state index contributed by atoms with van der Waals surface area (Å²) in [4.78, 5) is 14.5. The Kier molecular flexibility index (Phi) is 6.15. The van der Waals surface area contributed by atoms with Crippen molar-refractivity contribution in [3.8, 4) is 5.75 Å². The molecule has 1 fully saturated rings. The lowest BCUT2D eigenvalue weighted by atomic mass is 9.95. The van der Waals surface area contributed by atoms with Crippen molar-refractivity contribution in [2.45, 2.75) is 45.6 Å². The Balaban J connectivity index is 1.53. The zero-order valence-corrected chi connectivity index (χ0v) is 15.6. The number of aromatic amines is 1. The van der Waals surface area contributed by atoms with Gasteiger partial charge in [-0.25, -0.2) is 4.79 Å². The quantitative estimate of drug-likeness (QED) is 0.831. The molecule has 0 bridgehead atoms. The maximum Gasteiger partial charge on any atom is 0.317 e. The summed E-state index contributed by atoms with van der Waals surface area (Å²) in [6.07, 6.45) is 4.86. The van der Waals surface area contributed by atoms with E-state index in [9.17, 15) is 4.79 Å². The Hall–Kier alpha value is -2.50. The molecular weight excluding hydrogens is 328 g/mol. The van der Waals surface area contributed by atoms with Crippen molar-refractivity contribution in [1.29, 1.82) is 0 Å². The van der Waals surface area contributed by atoms with Crippen LogP contribution >= 0.6 is 0 Å². The van der Waals surface area contributed by atoms with Crippen LogP contribution in [0, 0.1) is 6.92 Å². The molecule has 1 atom stereocenters. The molecule has 1 aliphatic rings. The van der Waals surface area contributed by atoms with Gasteiger partial charge >= 0.3 is 6.03 Å². The molecule has 6 heteroatoms. The molecule has 2 aromatic rings. The van der Waals surface area contributed by atoms with Crippen LogP contribution in [0.15, 0.2) is 30.5 Å². The number of hydrogen-bond donors (Lipinski definition) is 2. The lowest BCUT2D eigenvalue weighted by Gasteiger charge is -2.32. The normalized spacial score (nSPS) is 17.2. The van der Waals surface area contributed by atoms with Crippen molar-refractivity contribution in [2.24, 2.45) is 0 Å². The zero-order valence-electron chi connectivity index (χ0n) is 15.6. The van der Waals surface area contributed by atoms with Gasteiger partial charge < -0.3 is 15.0 Å². The first kappa shape index (κ1) is 18.3. The summed E-state index contributed by atoms with van der Waals surface area (Å²) in [5, 5.41) is 10.1. The smallest absolute Gasteiger partial charge is 0.317 e. The van der Waals surface area contributed by atoms with Gasteiger partial charge in [-0.05, 0) is 55.5 Å². The van der Waals surface area contributed by atoms with E-state index in [2.05, 4.69) is 29.4 Å². The number of hydrogen-bond acceptors (Lipinski definition) is 3. The molecule has 26 heavy (non-hydrogen) atoms. The average Bonchev–Trinajstić information content (AvgIpc) is 3.20. The average molecular weight is 356 g/mol. The molecule has 140 valence electrons. The minimum atomic E-state index is -0.0000696. The standard InChI is InChI=1S/C20H28N4O2/c1-3-11-26-18-7-6-16(15(2)12-18)13-21-20(25)24-10-4-5-17(14-24)19-8-9-22-23-19/h6-9,12,17H,3-5,10-11,13-14H2,1-2H3,(H,21,25)(H,22,23). The molecule has 3 rings (SSSR count). The van der Waals surface area contributed by atoms with Gasteiger partial charge in [0.15, 0.2) is 0 Å². The van der Waals surface area contributed by atoms with E-state index in [1.54, 1.807) is 6.20 Å². The third-order valence-corrected chi connectivity index (χ3v) is 4.89. The lowest BCUT2D eigenvalue weighted by Crippen LogP contribution is -2.44. The summed E-state index contributed by atoms with van der Waals surface area (Å²) in [7, 11) is 0. The number of likely N-dealkylation sites (tertiary alicyclic amines) is 1. The highest BCUT2D eigenvalue weighted by molar-refractivity contribution is 5.74. The number of aromatic nitrogens is 2. The first-order valence-electron chi connectivity index (χ1n) is 9.41. The SMILES string of the molecule is CCCOc1ccc(CNC(=O)N2CCCC(c3ccn[nH]3)C2)c(C)c1. The maximum atomic E-state index is 12.6. The van der Waals surface area contributed by atoms with Gasteiger partial charge in [0.05, 0.1) is 6.61 Å².